The number of piperazine rings is 1. The number of hydrogen-bond donors (Lipinski definition) is 0. The van der Waals surface area contributed by atoms with Gasteiger partial charge in [0.2, 0.25) is 11.8 Å². The molecular formula is C28H39F6N3O2. The molecule has 2 atom stereocenters. The van der Waals surface area contributed by atoms with E-state index in [0.29, 0.717) is 44.7 Å². The van der Waals surface area contributed by atoms with Crippen molar-refractivity contribution < 1.29 is 35.9 Å². The fourth-order valence-corrected chi connectivity index (χ4v) is 5.70. The number of alkyl halides is 6. The summed E-state index contributed by atoms with van der Waals surface area (Å²) in [4.78, 5) is 30.6. The Hall–Kier alpha value is -2.30. The Morgan fingerprint density at radius 1 is 0.923 bits per heavy atom. The highest BCUT2D eigenvalue weighted by Gasteiger charge is 2.41. The lowest BCUT2D eigenvalue weighted by atomic mass is 9.82. The van der Waals surface area contributed by atoms with Gasteiger partial charge in [-0.15, -0.1) is 0 Å². The fraction of sp³-hybridized carbons (Fsp3) is 0.714. The Balaban J connectivity index is 1.77. The van der Waals surface area contributed by atoms with Gasteiger partial charge in [-0.05, 0) is 48.3 Å². The molecular weight excluding hydrogens is 524 g/mol. The predicted octanol–water partition coefficient (Wildman–Crippen LogP) is 6.30. The fourth-order valence-electron chi connectivity index (χ4n) is 5.70. The van der Waals surface area contributed by atoms with Gasteiger partial charge >= 0.3 is 12.4 Å². The Morgan fingerprint density at radius 3 is 2.00 bits per heavy atom. The van der Waals surface area contributed by atoms with Gasteiger partial charge < -0.3 is 9.80 Å². The molecule has 5 nitrogen and oxygen atoms in total. The van der Waals surface area contributed by atoms with Crippen LogP contribution in [0.2, 0.25) is 0 Å². The average molecular weight is 564 g/mol. The smallest absolute Gasteiger partial charge is 0.343 e. The van der Waals surface area contributed by atoms with E-state index in [1.54, 1.807) is 4.90 Å². The van der Waals surface area contributed by atoms with Crippen LogP contribution >= 0.6 is 0 Å². The van der Waals surface area contributed by atoms with Crippen LogP contribution in [0.4, 0.5) is 26.3 Å². The maximum Gasteiger partial charge on any atom is 0.416 e. The highest BCUT2D eigenvalue weighted by Crippen LogP contribution is 2.38. The highest BCUT2D eigenvalue weighted by atomic mass is 19.4. The second-order valence-corrected chi connectivity index (χ2v) is 11.9. The summed E-state index contributed by atoms with van der Waals surface area (Å²) in [7, 11) is 0. The number of hydrogen-bond acceptors (Lipinski definition) is 3. The predicted molar refractivity (Wildman–Crippen MR) is 136 cm³/mol. The van der Waals surface area contributed by atoms with Crippen LogP contribution in [0, 0.1) is 11.3 Å². The molecule has 11 heteroatoms. The summed E-state index contributed by atoms with van der Waals surface area (Å²) >= 11 is 0. The topological polar surface area (TPSA) is 43.9 Å². The first-order valence-corrected chi connectivity index (χ1v) is 13.5. The van der Waals surface area contributed by atoms with Crippen LogP contribution in [-0.2, 0) is 15.8 Å². The number of halogens is 6. The molecule has 1 unspecified atom stereocenters. The van der Waals surface area contributed by atoms with E-state index >= 15 is 0 Å². The molecule has 1 aromatic rings. The van der Waals surface area contributed by atoms with Crippen molar-refractivity contribution in [2.24, 2.45) is 11.3 Å². The van der Waals surface area contributed by atoms with Crippen molar-refractivity contribution in [3.8, 4) is 0 Å². The van der Waals surface area contributed by atoms with Gasteiger partial charge in [-0.2, -0.15) is 26.3 Å². The van der Waals surface area contributed by atoms with E-state index in [0.717, 1.165) is 25.0 Å². The zero-order valence-electron chi connectivity index (χ0n) is 23.0. The molecule has 0 saturated carbocycles. The van der Waals surface area contributed by atoms with Gasteiger partial charge in [-0.1, -0.05) is 32.9 Å². The normalized spacial score (nSPS) is 21.2. The largest absolute Gasteiger partial charge is 0.416 e. The third kappa shape index (κ3) is 8.59. The monoisotopic (exact) mass is 563 g/mol. The minimum atomic E-state index is -4.54. The van der Waals surface area contributed by atoms with Crippen LogP contribution in [0.1, 0.15) is 77.0 Å². The Morgan fingerprint density at radius 2 is 1.51 bits per heavy atom. The van der Waals surface area contributed by atoms with E-state index in [2.05, 4.69) is 0 Å². The van der Waals surface area contributed by atoms with E-state index in [9.17, 15) is 35.9 Å². The van der Waals surface area contributed by atoms with Crippen molar-refractivity contribution in [2.75, 3.05) is 32.7 Å². The lowest BCUT2D eigenvalue weighted by molar-refractivity contribution is -0.144. The van der Waals surface area contributed by atoms with Crippen LogP contribution in [0.3, 0.4) is 0 Å². The Bertz CT molecular complexity index is 979. The summed E-state index contributed by atoms with van der Waals surface area (Å²) in [5.74, 6) is 0.187. The molecule has 2 aliphatic rings. The van der Waals surface area contributed by atoms with Gasteiger partial charge in [0, 0.05) is 64.6 Å². The number of benzene rings is 1. The lowest BCUT2D eigenvalue weighted by Crippen LogP contribution is -2.60. The summed E-state index contributed by atoms with van der Waals surface area (Å²) in [5, 5.41) is 0. The molecule has 2 aliphatic heterocycles. The van der Waals surface area contributed by atoms with E-state index in [1.807, 2.05) is 30.6 Å². The molecule has 2 amide bonds. The molecule has 0 N–H and O–H groups in total. The van der Waals surface area contributed by atoms with Gasteiger partial charge in [0.15, 0.2) is 0 Å². The van der Waals surface area contributed by atoms with Crippen molar-refractivity contribution in [1.29, 1.82) is 0 Å². The average Bonchev–Trinajstić information content (AvgIpc) is 2.83. The molecule has 2 saturated heterocycles. The van der Waals surface area contributed by atoms with E-state index in [-0.39, 0.29) is 35.6 Å². The molecule has 0 aliphatic carbocycles. The summed E-state index contributed by atoms with van der Waals surface area (Å²) in [5.41, 5.74) is -0.823. The number of rotatable bonds is 6. The van der Waals surface area contributed by atoms with Crippen LogP contribution in [0.25, 0.3) is 0 Å². The molecule has 3 rings (SSSR count). The molecule has 39 heavy (non-hydrogen) atoms. The number of amides is 2. The summed E-state index contributed by atoms with van der Waals surface area (Å²) in [6, 6.07) is 3.34. The maximum atomic E-state index is 13.4. The minimum absolute atomic E-state index is 0.00257. The molecule has 0 spiro atoms. The SMILES string of the molecule is CC(=O)N1CCC(CC(=O)N2CCN(C(CCC(F)(F)F)c3ccc(C(F)(F)F)cc3)C[C@@H]2C(C)(C)C)CC1. The number of carbonyl (C=O) groups excluding carboxylic acids is 2. The zero-order valence-corrected chi connectivity index (χ0v) is 23.0. The van der Waals surface area contributed by atoms with Gasteiger partial charge in [0.05, 0.1) is 5.56 Å². The maximum absolute atomic E-state index is 13.4. The van der Waals surface area contributed by atoms with Crippen LogP contribution in [-0.4, -0.2) is 71.5 Å². The number of nitrogens with zero attached hydrogens (tertiary/aromatic N) is 3. The minimum Gasteiger partial charge on any atom is -0.343 e. The molecule has 0 aromatic heterocycles. The van der Waals surface area contributed by atoms with E-state index in [4.69, 9.17) is 0 Å². The Labute approximate surface area is 226 Å². The van der Waals surface area contributed by atoms with Crippen molar-refractivity contribution >= 4 is 11.8 Å². The molecule has 0 radical (unpaired) electrons. The van der Waals surface area contributed by atoms with Crippen LogP contribution in [0.5, 0.6) is 0 Å². The summed E-state index contributed by atoms with van der Waals surface area (Å²) < 4.78 is 78.9. The van der Waals surface area contributed by atoms with Crippen LogP contribution < -0.4 is 0 Å². The number of piperidine rings is 1. The van der Waals surface area contributed by atoms with Crippen molar-refractivity contribution in [1.82, 2.24) is 14.7 Å². The molecule has 1 aromatic carbocycles. The first-order valence-electron chi connectivity index (χ1n) is 13.5. The molecule has 0 bridgehead atoms. The van der Waals surface area contributed by atoms with Crippen LogP contribution in [0.15, 0.2) is 24.3 Å². The summed E-state index contributed by atoms with van der Waals surface area (Å²) in [6.45, 7) is 9.70. The molecule has 2 fully saturated rings. The molecule has 220 valence electrons. The lowest BCUT2D eigenvalue weighted by Gasteiger charge is -2.50. The second kappa shape index (κ2) is 12.1. The van der Waals surface area contributed by atoms with E-state index in [1.165, 1.54) is 19.1 Å². The first-order chi connectivity index (χ1) is 18.0. The van der Waals surface area contributed by atoms with Gasteiger partial charge in [0.1, 0.15) is 0 Å². The third-order valence-electron chi connectivity index (χ3n) is 8.02. The van der Waals surface area contributed by atoms with Gasteiger partial charge in [-0.25, -0.2) is 0 Å². The highest BCUT2D eigenvalue weighted by molar-refractivity contribution is 5.77. The van der Waals surface area contributed by atoms with Gasteiger partial charge in [-0.3, -0.25) is 14.5 Å². The van der Waals surface area contributed by atoms with Crippen molar-refractivity contribution in [3.63, 3.8) is 0 Å². The molecule has 2 heterocycles. The summed E-state index contributed by atoms with van der Waals surface area (Å²) in [6.07, 6.45) is -8.42. The third-order valence-corrected chi connectivity index (χ3v) is 8.02. The number of carbonyl (C=O) groups is 2. The van der Waals surface area contributed by atoms with E-state index < -0.39 is 30.4 Å². The van der Waals surface area contributed by atoms with Crippen molar-refractivity contribution in [3.05, 3.63) is 35.4 Å². The second-order valence-electron chi connectivity index (χ2n) is 11.9. The zero-order chi connectivity index (χ0) is 29.2. The number of likely N-dealkylation sites (tertiary alicyclic amines) is 1. The van der Waals surface area contributed by atoms with Gasteiger partial charge in [0.25, 0.3) is 0 Å². The first kappa shape index (κ1) is 31.2. The quantitative estimate of drug-likeness (QED) is 0.382. The Kier molecular flexibility index (Phi) is 9.66. The van der Waals surface area contributed by atoms with Crippen molar-refractivity contribution in [2.45, 2.75) is 84.2 Å². The standard InChI is InChI=1S/C28H39F6N3O2/c1-19(38)35-13-10-20(11-14-35)17-25(39)37-16-15-36(18-24(37)26(2,3)4)23(9-12-27(29,30)31)21-5-7-22(8-6-21)28(32,33)34/h5-8,20,23-24H,9-18H2,1-4H3/t23?,24-/m1/s1.